The molecule has 50 heavy (non-hydrogen) atoms. The first-order valence-corrected chi connectivity index (χ1v) is 22.2. The van der Waals surface area contributed by atoms with Crippen LogP contribution in [0.4, 0.5) is 0 Å². The van der Waals surface area contributed by atoms with E-state index in [1.165, 1.54) is 128 Å². The molecule has 0 aromatic carbocycles. The van der Waals surface area contributed by atoms with Gasteiger partial charge in [0.25, 0.3) is 7.82 Å². The van der Waals surface area contributed by atoms with Crippen molar-refractivity contribution in [3.05, 3.63) is 0 Å². The van der Waals surface area contributed by atoms with Gasteiger partial charge in [-0.25, -0.2) is 0 Å². The summed E-state index contributed by atoms with van der Waals surface area (Å²) in [5, 5.41) is 0. The van der Waals surface area contributed by atoms with Crippen LogP contribution in [0, 0.1) is 0 Å². The molecule has 0 spiro atoms. The molecule has 2 atom stereocenters. The van der Waals surface area contributed by atoms with Crippen molar-refractivity contribution >= 4 is 19.8 Å². The summed E-state index contributed by atoms with van der Waals surface area (Å²) in [5.41, 5.74) is 0. The molecule has 0 heterocycles. The third-order valence-corrected chi connectivity index (χ3v) is 10.1. The molecule has 0 N–H and O–H groups in total. The highest BCUT2D eigenvalue weighted by Crippen LogP contribution is 2.38. The van der Waals surface area contributed by atoms with Gasteiger partial charge < -0.3 is 27.9 Å². The molecule has 0 aliphatic carbocycles. The topological polar surface area (TPSA) is 111 Å². The second kappa shape index (κ2) is 33.8. The van der Waals surface area contributed by atoms with Crippen LogP contribution in [0.2, 0.25) is 0 Å². The maximum Gasteiger partial charge on any atom is 0.306 e. The van der Waals surface area contributed by atoms with E-state index in [-0.39, 0.29) is 32.0 Å². The molecule has 298 valence electrons. The van der Waals surface area contributed by atoms with Gasteiger partial charge in [-0.1, -0.05) is 168 Å². The van der Waals surface area contributed by atoms with Gasteiger partial charge in [-0.15, -0.1) is 0 Å². The lowest BCUT2D eigenvalue weighted by Gasteiger charge is -2.28. The highest BCUT2D eigenvalue weighted by Gasteiger charge is 2.21. The Labute approximate surface area is 308 Å². The van der Waals surface area contributed by atoms with Crippen LogP contribution in [-0.4, -0.2) is 70.0 Å². The molecule has 0 saturated heterocycles. The number of hydrogen-bond acceptors (Lipinski definition) is 8. The Balaban J connectivity index is 4.35. The number of phosphoric ester groups is 1. The first-order valence-electron chi connectivity index (χ1n) is 20.7. The van der Waals surface area contributed by atoms with Gasteiger partial charge in [0.15, 0.2) is 6.10 Å². The van der Waals surface area contributed by atoms with Crippen LogP contribution in [0.25, 0.3) is 0 Å². The number of likely N-dealkylation sites (N-methyl/N-ethyl adjacent to an activating group) is 1. The highest BCUT2D eigenvalue weighted by molar-refractivity contribution is 7.45. The molecule has 0 amide bonds. The molecule has 0 rings (SSSR count). The molecular formula is C40H80NO8P. The number of carbonyl (C=O) groups excluding carboxylic acids is 2. The summed E-state index contributed by atoms with van der Waals surface area (Å²) in [6.07, 6.45) is 31.2. The number of rotatable bonds is 38. The van der Waals surface area contributed by atoms with E-state index in [9.17, 15) is 19.0 Å². The molecule has 0 fully saturated rings. The molecule has 0 aliphatic rings. The lowest BCUT2D eigenvalue weighted by molar-refractivity contribution is -0.870. The Morgan fingerprint density at radius 1 is 0.540 bits per heavy atom. The van der Waals surface area contributed by atoms with Crippen LogP contribution < -0.4 is 4.89 Å². The molecular weight excluding hydrogens is 653 g/mol. The largest absolute Gasteiger partial charge is 0.756 e. The van der Waals surface area contributed by atoms with E-state index in [1.54, 1.807) is 0 Å². The molecule has 9 nitrogen and oxygen atoms in total. The van der Waals surface area contributed by atoms with Gasteiger partial charge in [-0.2, -0.15) is 0 Å². The van der Waals surface area contributed by atoms with Crippen LogP contribution in [-0.2, 0) is 32.7 Å². The number of quaternary nitrogens is 1. The monoisotopic (exact) mass is 734 g/mol. The Kier molecular flexibility index (Phi) is 33.2. The van der Waals surface area contributed by atoms with Crippen LogP contribution in [0.1, 0.15) is 194 Å². The maximum absolute atomic E-state index is 12.6. The fourth-order valence-electron chi connectivity index (χ4n) is 5.83. The Morgan fingerprint density at radius 3 is 1.28 bits per heavy atom. The van der Waals surface area contributed by atoms with Gasteiger partial charge in [0.1, 0.15) is 19.8 Å². The van der Waals surface area contributed by atoms with E-state index in [2.05, 4.69) is 13.8 Å². The fraction of sp³-hybridized carbons (Fsp3) is 0.950. The second-order valence-electron chi connectivity index (χ2n) is 15.4. The SMILES string of the molecule is CCCCCCCCCCCCCCCCCC(=O)O[C@H](COC(=O)CCCCCCCCCCCCC)COP(=O)([O-])OCC[N+](C)(C)C. The Morgan fingerprint density at radius 2 is 0.900 bits per heavy atom. The molecule has 0 bridgehead atoms. The minimum absolute atomic E-state index is 0.0259. The van der Waals surface area contributed by atoms with Crippen molar-refractivity contribution in [3.8, 4) is 0 Å². The number of phosphoric acid groups is 1. The van der Waals surface area contributed by atoms with E-state index in [0.29, 0.717) is 17.4 Å². The normalized spacial score (nSPS) is 13.6. The zero-order chi connectivity index (χ0) is 37.2. The van der Waals surface area contributed by atoms with E-state index in [1.807, 2.05) is 21.1 Å². The second-order valence-corrected chi connectivity index (χ2v) is 16.8. The molecule has 0 radical (unpaired) electrons. The van der Waals surface area contributed by atoms with Crippen LogP contribution in [0.3, 0.4) is 0 Å². The van der Waals surface area contributed by atoms with Crippen molar-refractivity contribution < 1.29 is 42.1 Å². The standard InChI is InChI=1S/C40H80NO8P/c1-6-8-10-12-14-16-18-19-20-21-23-25-27-29-31-33-40(43)49-38(37-48-50(44,45)47-35-34-41(3,4)5)36-46-39(42)32-30-28-26-24-22-17-15-13-11-9-7-2/h38H,6-37H2,1-5H3/t38-/m1/s1. The van der Waals surface area contributed by atoms with E-state index < -0.39 is 26.5 Å². The van der Waals surface area contributed by atoms with Crippen LogP contribution in [0.5, 0.6) is 0 Å². The average Bonchev–Trinajstić information content (AvgIpc) is 3.06. The number of nitrogens with zero attached hydrogens (tertiary/aromatic N) is 1. The molecule has 10 heteroatoms. The van der Waals surface area contributed by atoms with Crippen molar-refractivity contribution in [2.75, 3.05) is 47.5 Å². The van der Waals surface area contributed by atoms with E-state index in [0.717, 1.165) is 32.1 Å². The van der Waals surface area contributed by atoms with E-state index in [4.69, 9.17) is 18.5 Å². The molecule has 0 saturated carbocycles. The van der Waals surface area contributed by atoms with Crippen molar-refractivity contribution in [2.24, 2.45) is 0 Å². The maximum atomic E-state index is 12.6. The molecule has 1 unspecified atom stereocenters. The molecule has 0 aromatic rings. The van der Waals surface area contributed by atoms with Gasteiger partial charge >= 0.3 is 11.9 Å². The van der Waals surface area contributed by atoms with Gasteiger partial charge in [-0.3, -0.25) is 14.2 Å². The number of hydrogen-bond donors (Lipinski definition) is 0. The highest BCUT2D eigenvalue weighted by atomic mass is 31.2. The van der Waals surface area contributed by atoms with Gasteiger partial charge in [0.2, 0.25) is 0 Å². The van der Waals surface area contributed by atoms with Gasteiger partial charge in [0.05, 0.1) is 27.7 Å². The summed E-state index contributed by atoms with van der Waals surface area (Å²) in [5.74, 6) is -0.824. The quantitative estimate of drug-likeness (QED) is 0.0267. The van der Waals surface area contributed by atoms with Gasteiger partial charge in [-0.05, 0) is 12.8 Å². The predicted molar refractivity (Wildman–Crippen MR) is 204 cm³/mol. The average molecular weight is 734 g/mol. The third kappa shape index (κ3) is 36.8. The zero-order valence-electron chi connectivity index (χ0n) is 33.4. The predicted octanol–water partition coefficient (Wildman–Crippen LogP) is 10.6. The Hall–Kier alpha value is -0.990. The minimum Gasteiger partial charge on any atom is -0.756 e. The van der Waals surface area contributed by atoms with Crippen molar-refractivity contribution in [3.63, 3.8) is 0 Å². The Bertz CT molecular complexity index is 835. The van der Waals surface area contributed by atoms with E-state index >= 15 is 0 Å². The fourth-order valence-corrected chi connectivity index (χ4v) is 6.56. The number of carbonyl (C=O) groups is 2. The summed E-state index contributed by atoms with van der Waals surface area (Å²) in [7, 11) is 1.18. The van der Waals surface area contributed by atoms with Gasteiger partial charge in [0, 0.05) is 12.8 Å². The third-order valence-electron chi connectivity index (χ3n) is 9.13. The molecule has 0 aliphatic heterocycles. The summed E-state index contributed by atoms with van der Waals surface area (Å²) < 4.78 is 33.8. The number of esters is 2. The number of ether oxygens (including phenoxy) is 2. The summed E-state index contributed by atoms with van der Waals surface area (Å²) in [6.45, 7) is 4.24. The smallest absolute Gasteiger partial charge is 0.306 e. The summed E-state index contributed by atoms with van der Waals surface area (Å²) >= 11 is 0. The van der Waals surface area contributed by atoms with Crippen molar-refractivity contribution in [1.82, 2.24) is 0 Å². The summed E-state index contributed by atoms with van der Waals surface area (Å²) in [4.78, 5) is 37.4. The molecule has 0 aromatic heterocycles. The van der Waals surface area contributed by atoms with Crippen molar-refractivity contribution in [1.29, 1.82) is 0 Å². The summed E-state index contributed by atoms with van der Waals surface area (Å²) in [6, 6.07) is 0. The first-order chi connectivity index (χ1) is 24.0. The van der Waals surface area contributed by atoms with Crippen LogP contribution in [0.15, 0.2) is 0 Å². The first kappa shape index (κ1) is 49.0. The zero-order valence-corrected chi connectivity index (χ0v) is 34.3. The lowest BCUT2D eigenvalue weighted by Crippen LogP contribution is -2.37. The lowest BCUT2D eigenvalue weighted by atomic mass is 10.0. The van der Waals surface area contributed by atoms with Crippen molar-refractivity contribution in [2.45, 2.75) is 200 Å². The number of unbranched alkanes of at least 4 members (excludes halogenated alkanes) is 24. The van der Waals surface area contributed by atoms with Crippen LogP contribution >= 0.6 is 7.82 Å². The minimum atomic E-state index is -4.61.